The molecule has 0 saturated heterocycles. The number of nitrogens with zero attached hydrogens (tertiary/aromatic N) is 1. The van der Waals surface area contributed by atoms with E-state index in [9.17, 15) is 4.79 Å². The lowest BCUT2D eigenvalue weighted by molar-refractivity contribution is 0.1000. The van der Waals surface area contributed by atoms with E-state index in [1.165, 1.54) is 17.3 Å². The van der Waals surface area contributed by atoms with Crippen molar-refractivity contribution in [2.24, 2.45) is 5.73 Å². The molecule has 3 aromatic rings. The lowest BCUT2D eigenvalue weighted by Gasteiger charge is -2.12. The summed E-state index contributed by atoms with van der Waals surface area (Å²) in [5, 5.41) is 3.46. The molecule has 0 aliphatic carbocycles. The third-order valence-electron chi connectivity index (χ3n) is 4.62. The van der Waals surface area contributed by atoms with Crippen LogP contribution in [0.1, 0.15) is 27.0 Å². The van der Waals surface area contributed by atoms with Crippen molar-refractivity contribution in [1.82, 2.24) is 10.3 Å². The summed E-state index contributed by atoms with van der Waals surface area (Å²) in [6.07, 6.45) is 2.37. The number of hydrogen-bond acceptors (Lipinski definition) is 5. The Morgan fingerprint density at radius 2 is 1.93 bits per heavy atom. The Labute approximate surface area is 170 Å². The van der Waals surface area contributed by atoms with Gasteiger partial charge in [0.1, 0.15) is 0 Å². The summed E-state index contributed by atoms with van der Waals surface area (Å²) in [6, 6.07) is 17.4. The molecule has 0 fully saturated rings. The number of carbonyl (C=O) groups is 1. The number of rotatable bonds is 9. The van der Waals surface area contributed by atoms with Crippen molar-refractivity contribution in [1.29, 1.82) is 0 Å². The highest BCUT2D eigenvalue weighted by molar-refractivity contribution is 5.92. The maximum atomic E-state index is 11.1. The van der Waals surface area contributed by atoms with Crippen molar-refractivity contribution in [3.8, 4) is 17.4 Å². The van der Waals surface area contributed by atoms with E-state index in [1.54, 1.807) is 19.2 Å². The molecule has 0 bridgehead atoms. The van der Waals surface area contributed by atoms with E-state index in [0.29, 0.717) is 22.9 Å². The second kappa shape index (κ2) is 9.71. The third-order valence-corrected chi connectivity index (χ3v) is 4.62. The summed E-state index contributed by atoms with van der Waals surface area (Å²) in [6.45, 7) is 3.75. The molecule has 3 N–H and O–H groups in total. The van der Waals surface area contributed by atoms with Crippen LogP contribution >= 0.6 is 0 Å². The molecule has 0 saturated carbocycles. The fourth-order valence-corrected chi connectivity index (χ4v) is 2.95. The standard InChI is InChI=1S/C23H25N3O3/c1-16-5-3-4-6-18(16)11-12-25-14-17-7-9-20(21(13-17)28-2)29-22-10-8-19(15-26-22)23(24)27/h3-10,13,15,25H,11-12,14H2,1-2H3,(H2,24,27). The van der Waals surface area contributed by atoms with Gasteiger partial charge < -0.3 is 20.5 Å². The minimum absolute atomic E-state index is 0.330. The third kappa shape index (κ3) is 5.56. The van der Waals surface area contributed by atoms with Gasteiger partial charge >= 0.3 is 0 Å². The second-order valence-electron chi connectivity index (χ2n) is 6.69. The van der Waals surface area contributed by atoms with Gasteiger partial charge in [0.05, 0.1) is 12.7 Å². The summed E-state index contributed by atoms with van der Waals surface area (Å²) in [5.74, 6) is 0.998. The molecule has 1 aromatic heterocycles. The Hall–Kier alpha value is -3.38. The highest BCUT2D eigenvalue weighted by atomic mass is 16.5. The van der Waals surface area contributed by atoms with Crippen LogP contribution in [-0.2, 0) is 13.0 Å². The zero-order chi connectivity index (χ0) is 20.6. The lowest BCUT2D eigenvalue weighted by Crippen LogP contribution is -2.17. The highest BCUT2D eigenvalue weighted by Crippen LogP contribution is 2.31. The molecule has 0 unspecified atom stereocenters. The molecule has 0 aliphatic rings. The molecule has 2 aromatic carbocycles. The van der Waals surface area contributed by atoms with Gasteiger partial charge in [-0.3, -0.25) is 4.79 Å². The fourth-order valence-electron chi connectivity index (χ4n) is 2.95. The summed E-state index contributed by atoms with van der Waals surface area (Å²) in [4.78, 5) is 15.2. The summed E-state index contributed by atoms with van der Waals surface area (Å²) in [7, 11) is 1.60. The fraction of sp³-hybridized carbons (Fsp3) is 0.217. The zero-order valence-electron chi connectivity index (χ0n) is 16.6. The maximum Gasteiger partial charge on any atom is 0.250 e. The number of amides is 1. The van der Waals surface area contributed by atoms with Crippen molar-refractivity contribution in [2.45, 2.75) is 19.9 Å². The van der Waals surface area contributed by atoms with Crippen LogP contribution in [-0.4, -0.2) is 24.5 Å². The molecule has 0 spiro atoms. The van der Waals surface area contributed by atoms with Gasteiger partial charge in [-0.15, -0.1) is 0 Å². The SMILES string of the molecule is COc1cc(CNCCc2ccccc2C)ccc1Oc1ccc(C(N)=O)cn1. The van der Waals surface area contributed by atoms with Crippen LogP contribution in [0.4, 0.5) is 0 Å². The predicted molar refractivity (Wildman–Crippen MR) is 112 cm³/mol. The Morgan fingerprint density at radius 3 is 2.62 bits per heavy atom. The lowest BCUT2D eigenvalue weighted by atomic mass is 10.1. The first-order valence-electron chi connectivity index (χ1n) is 9.42. The number of nitrogens with two attached hydrogens (primary N) is 1. The minimum Gasteiger partial charge on any atom is -0.493 e. The topological polar surface area (TPSA) is 86.5 Å². The Bertz CT molecular complexity index is 971. The van der Waals surface area contributed by atoms with Crippen molar-refractivity contribution < 1.29 is 14.3 Å². The van der Waals surface area contributed by atoms with E-state index < -0.39 is 5.91 Å². The number of pyridine rings is 1. The molecule has 3 rings (SSSR count). The molecule has 0 atom stereocenters. The second-order valence-corrected chi connectivity index (χ2v) is 6.69. The van der Waals surface area contributed by atoms with Gasteiger partial charge in [0.25, 0.3) is 0 Å². The molecule has 150 valence electrons. The molecule has 0 radical (unpaired) electrons. The number of aryl methyl sites for hydroxylation is 1. The molecule has 6 nitrogen and oxygen atoms in total. The molecule has 1 amide bonds. The molecule has 1 heterocycles. The van der Waals surface area contributed by atoms with Crippen LogP contribution in [0.25, 0.3) is 0 Å². The first-order valence-corrected chi connectivity index (χ1v) is 9.42. The summed E-state index contributed by atoms with van der Waals surface area (Å²) >= 11 is 0. The summed E-state index contributed by atoms with van der Waals surface area (Å²) < 4.78 is 11.2. The number of hydrogen-bond donors (Lipinski definition) is 2. The number of ether oxygens (including phenoxy) is 2. The van der Waals surface area contributed by atoms with E-state index in [1.807, 2.05) is 18.2 Å². The average molecular weight is 391 g/mol. The van der Waals surface area contributed by atoms with E-state index in [4.69, 9.17) is 15.2 Å². The number of methoxy groups -OCH3 is 1. The van der Waals surface area contributed by atoms with Crippen molar-refractivity contribution in [3.63, 3.8) is 0 Å². The Kier molecular flexibility index (Phi) is 6.81. The van der Waals surface area contributed by atoms with Crippen LogP contribution in [0.3, 0.4) is 0 Å². The molecular weight excluding hydrogens is 366 g/mol. The smallest absolute Gasteiger partial charge is 0.250 e. The van der Waals surface area contributed by atoms with Gasteiger partial charge in [0, 0.05) is 18.8 Å². The van der Waals surface area contributed by atoms with Crippen LogP contribution in [0.15, 0.2) is 60.8 Å². The van der Waals surface area contributed by atoms with Gasteiger partial charge in [-0.2, -0.15) is 0 Å². The van der Waals surface area contributed by atoms with E-state index >= 15 is 0 Å². The van der Waals surface area contributed by atoms with E-state index in [2.05, 4.69) is 41.5 Å². The monoisotopic (exact) mass is 391 g/mol. The predicted octanol–water partition coefficient (Wildman–Crippen LogP) is 3.62. The average Bonchev–Trinajstić information content (AvgIpc) is 2.73. The first kappa shape index (κ1) is 20.4. The van der Waals surface area contributed by atoms with E-state index in [0.717, 1.165) is 25.1 Å². The number of benzene rings is 2. The quantitative estimate of drug-likeness (QED) is 0.544. The number of primary amides is 1. The van der Waals surface area contributed by atoms with Gasteiger partial charge in [0.2, 0.25) is 11.8 Å². The van der Waals surface area contributed by atoms with Gasteiger partial charge in [-0.25, -0.2) is 4.98 Å². The number of carbonyl (C=O) groups excluding carboxylic acids is 1. The highest BCUT2D eigenvalue weighted by Gasteiger charge is 2.09. The van der Waals surface area contributed by atoms with Gasteiger partial charge in [-0.1, -0.05) is 30.3 Å². The van der Waals surface area contributed by atoms with Gasteiger partial charge in [-0.05, 0) is 54.8 Å². The van der Waals surface area contributed by atoms with Crippen molar-refractivity contribution in [2.75, 3.05) is 13.7 Å². The molecule has 29 heavy (non-hydrogen) atoms. The van der Waals surface area contributed by atoms with Gasteiger partial charge in [0.15, 0.2) is 11.5 Å². The molecular formula is C23H25N3O3. The Balaban J connectivity index is 1.58. The maximum absolute atomic E-state index is 11.1. The molecule has 0 aliphatic heterocycles. The zero-order valence-corrected chi connectivity index (χ0v) is 16.6. The van der Waals surface area contributed by atoms with Crippen LogP contribution < -0.4 is 20.5 Å². The van der Waals surface area contributed by atoms with Crippen LogP contribution in [0.5, 0.6) is 17.4 Å². The molecule has 6 heteroatoms. The number of nitrogens with one attached hydrogen (secondary N) is 1. The van der Waals surface area contributed by atoms with Crippen molar-refractivity contribution >= 4 is 5.91 Å². The van der Waals surface area contributed by atoms with Crippen LogP contribution in [0, 0.1) is 6.92 Å². The summed E-state index contributed by atoms with van der Waals surface area (Å²) in [5.41, 5.74) is 9.32. The van der Waals surface area contributed by atoms with Crippen molar-refractivity contribution in [3.05, 3.63) is 83.0 Å². The first-order chi connectivity index (χ1) is 14.1. The van der Waals surface area contributed by atoms with E-state index in [-0.39, 0.29) is 0 Å². The van der Waals surface area contributed by atoms with Crippen LogP contribution in [0.2, 0.25) is 0 Å². The normalized spacial score (nSPS) is 10.6. The Morgan fingerprint density at radius 1 is 1.10 bits per heavy atom. The number of aromatic nitrogens is 1. The largest absolute Gasteiger partial charge is 0.493 e. The minimum atomic E-state index is -0.527.